The van der Waals surface area contributed by atoms with Gasteiger partial charge in [0.05, 0.1) is 19.3 Å². The highest BCUT2D eigenvalue weighted by Gasteiger charge is 2.36. The third kappa shape index (κ3) is 2.60. The fourth-order valence-electron chi connectivity index (χ4n) is 3.15. The van der Waals surface area contributed by atoms with Crippen LogP contribution >= 0.6 is 0 Å². The molecular weight excluding hydrogens is 264 g/mol. The molecule has 0 N–H and O–H groups in total. The molecule has 5 heteroatoms. The maximum Gasteiger partial charge on any atom is 0.176 e. The average Bonchev–Trinajstić information content (AvgIpc) is 2.91. The fraction of sp³-hybridized carbons (Fsp3) is 0.533. The van der Waals surface area contributed by atoms with Gasteiger partial charge in [-0.15, -0.1) is 0 Å². The summed E-state index contributed by atoms with van der Waals surface area (Å²) >= 11 is 0. The Balaban J connectivity index is 1.70. The molecule has 0 amide bonds. The number of carbonyl (C=O) groups excluding carboxylic acids is 1. The number of nitrogens with zero attached hydrogens (tertiary/aromatic N) is 1. The number of fused-ring (bicyclic) bond motifs is 1. The van der Waals surface area contributed by atoms with E-state index in [1.54, 1.807) is 0 Å². The first-order chi connectivity index (χ1) is 9.65. The molecule has 3 rings (SSSR count). The molecule has 20 heavy (non-hydrogen) atoms. The summed E-state index contributed by atoms with van der Waals surface area (Å²) in [6, 6.07) is 3.61. The lowest BCUT2D eigenvalue weighted by atomic mass is 10.1. The van der Waals surface area contributed by atoms with Gasteiger partial charge in [0.25, 0.3) is 0 Å². The molecule has 2 aliphatic rings. The van der Waals surface area contributed by atoms with Crippen molar-refractivity contribution in [2.24, 2.45) is 0 Å². The number of rotatable bonds is 3. The lowest BCUT2D eigenvalue weighted by Crippen LogP contribution is -2.50. The van der Waals surface area contributed by atoms with Crippen LogP contribution in [0.2, 0.25) is 0 Å². The van der Waals surface area contributed by atoms with E-state index < -0.39 is 11.6 Å². The van der Waals surface area contributed by atoms with Crippen molar-refractivity contribution >= 4 is 5.78 Å². The molecule has 1 aliphatic carbocycles. The molecule has 3 nitrogen and oxygen atoms in total. The molecule has 108 valence electrons. The van der Waals surface area contributed by atoms with Crippen LogP contribution in [-0.4, -0.2) is 42.5 Å². The molecule has 2 fully saturated rings. The summed E-state index contributed by atoms with van der Waals surface area (Å²) in [6.45, 7) is 1.60. The zero-order chi connectivity index (χ0) is 14.1. The first kappa shape index (κ1) is 13.6. The predicted molar refractivity (Wildman–Crippen MR) is 69.6 cm³/mol. The molecule has 1 aromatic rings. The van der Waals surface area contributed by atoms with Crippen molar-refractivity contribution in [3.8, 4) is 0 Å². The van der Waals surface area contributed by atoms with Crippen molar-refractivity contribution < 1.29 is 18.3 Å². The number of halogens is 2. The third-order valence-electron chi connectivity index (χ3n) is 4.19. The SMILES string of the molecule is O=C(CN1CCOC2CCCC21)c1ccc(F)c(F)c1. The second-order valence-electron chi connectivity index (χ2n) is 5.43. The van der Waals surface area contributed by atoms with Crippen LogP contribution in [0.5, 0.6) is 0 Å². The molecular formula is C15H17F2NO2. The maximum atomic E-state index is 13.2. The average molecular weight is 281 g/mol. The highest BCUT2D eigenvalue weighted by molar-refractivity contribution is 5.97. The molecule has 0 radical (unpaired) electrons. The van der Waals surface area contributed by atoms with E-state index in [4.69, 9.17) is 4.74 Å². The Labute approximate surface area is 116 Å². The van der Waals surface area contributed by atoms with Crippen LogP contribution < -0.4 is 0 Å². The number of hydrogen-bond acceptors (Lipinski definition) is 3. The van der Waals surface area contributed by atoms with Crippen LogP contribution in [-0.2, 0) is 4.74 Å². The van der Waals surface area contributed by atoms with Gasteiger partial charge in [-0.1, -0.05) is 0 Å². The van der Waals surface area contributed by atoms with E-state index >= 15 is 0 Å². The number of Topliss-reactive ketones (excluding diaryl/α,β-unsaturated/α-hetero) is 1. The molecule has 0 bridgehead atoms. The second-order valence-corrected chi connectivity index (χ2v) is 5.43. The smallest absolute Gasteiger partial charge is 0.176 e. The Morgan fingerprint density at radius 3 is 2.95 bits per heavy atom. The Morgan fingerprint density at radius 2 is 2.15 bits per heavy atom. The van der Waals surface area contributed by atoms with Crippen molar-refractivity contribution in [1.82, 2.24) is 4.90 Å². The van der Waals surface area contributed by atoms with Crippen LogP contribution in [0.1, 0.15) is 29.6 Å². The zero-order valence-corrected chi connectivity index (χ0v) is 11.1. The van der Waals surface area contributed by atoms with Gasteiger partial charge < -0.3 is 4.74 Å². The largest absolute Gasteiger partial charge is 0.375 e. The Kier molecular flexibility index (Phi) is 3.81. The molecule has 0 spiro atoms. The van der Waals surface area contributed by atoms with Gasteiger partial charge in [-0.2, -0.15) is 0 Å². The summed E-state index contributed by atoms with van der Waals surface area (Å²) in [6.07, 6.45) is 3.42. The normalized spacial score (nSPS) is 26.5. The molecule has 2 atom stereocenters. The highest BCUT2D eigenvalue weighted by Crippen LogP contribution is 2.29. The van der Waals surface area contributed by atoms with Gasteiger partial charge in [0, 0.05) is 18.2 Å². The van der Waals surface area contributed by atoms with Gasteiger partial charge in [-0.3, -0.25) is 9.69 Å². The van der Waals surface area contributed by atoms with Crippen molar-refractivity contribution in [3.05, 3.63) is 35.4 Å². The lowest BCUT2D eigenvalue weighted by molar-refractivity contribution is -0.0522. The third-order valence-corrected chi connectivity index (χ3v) is 4.19. The number of carbonyl (C=O) groups is 1. The van der Waals surface area contributed by atoms with Crippen molar-refractivity contribution in [2.45, 2.75) is 31.4 Å². The van der Waals surface area contributed by atoms with E-state index in [0.29, 0.717) is 6.61 Å². The number of benzene rings is 1. The van der Waals surface area contributed by atoms with Crippen LogP contribution in [0.15, 0.2) is 18.2 Å². The topological polar surface area (TPSA) is 29.5 Å². The lowest BCUT2D eigenvalue weighted by Gasteiger charge is -2.37. The summed E-state index contributed by atoms with van der Waals surface area (Å²) in [5.74, 6) is -2.07. The monoisotopic (exact) mass is 281 g/mol. The summed E-state index contributed by atoms with van der Waals surface area (Å²) in [7, 11) is 0. The van der Waals surface area contributed by atoms with Gasteiger partial charge in [-0.05, 0) is 37.5 Å². The van der Waals surface area contributed by atoms with E-state index in [2.05, 4.69) is 4.90 Å². The number of ether oxygens (including phenoxy) is 1. The van der Waals surface area contributed by atoms with E-state index in [1.807, 2.05) is 0 Å². The van der Waals surface area contributed by atoms with Gasteiger partial charge in [0.2, 0.25) is 0 Å². The number of ketones is 1. The van der Waals surface area contributed by atoms with Crippen LogP contribution in [0, 0.1) is 11.6 Å². The summed E-state index contributed by atoms with van der Waals surface area (Å²) < 4.78 is 31.7. The molecule has 0 aromatic heterocycles. The predicted octanol–water partition coefficient (Wildman–Crippen LogP) is 2.40. The van der Waals surface area contributed by atoms with Gasteiger partial charge >= 0.3 is 0 Å². The minimum absolute atomic E-state index is 0.170. The van der Waals surface area contributed by atoms with E-state index in [0.717, 1.165) is 37.9 Å². The van der Waals surface area contributed by atoms with E-state index in [-0.39, 0.29) is 30.0 Å². The van der Waals surface area contributed by atoms with Crippen LogP contribution in [0.3, 0.4) is 0 Å². The second kappa shape index (κ2) is 5.58. The van der Waals surface area contributed by atoms with Crippen LogP contribution in [0.25, 0.3) is 0 Å². The van der Waals surface area contributed by atoms with Gasteiger partial charge in [0.1, 0.15) is 0 Å². The first-order valence-corrected chi connectivity index (χ1v) is 6.99. The molecule has 1 aromatic carbocycles. The highest BCUT2D eigenvalue weighted by atomic mass is 19.2. The van der Waals surface area contributed by atoms with Crippen molar-refractivity contribution in [1.29, 1.82) is 0 Å². The maximum absolute atomic E-state index is 13.2. The Hall–Kier alpha value is -1.33. The molecule has 1 saturated heterocycles. The molecule has 1 aliphatic heterocycles. The Morgan fingerprint density at radius 1 is 1.30 bits per heavy atom. The fourth-order valence-corrected chi connectivity index (χ4v) is 3.15. The minimum atomic E-state index is -0.975. The number of hydrogen-bond donors (Lipinski definition) is 0. The number of morpholine rings is 1. The van der Waals surface area contributed by atoms with Crippen molar-refractivity contribution in [3.63, 3.8) is 0 Å². The molecule has 1 heterocycles. The van der Waals surface area contributed by atoms with Gasteiger partial charge in [-0.25, -0.2) is 8.78 Å². The quantitative estimate of drug-likeness (QED) is 0.797. The van der Waals surface area contributed by atoms with E-state index in [1.165, 1.54) is 6.07 Å². The first-order valence-electron chi connectivity index (χ1n) is 6.99. The standard InChI is InChI=1S/C15H17F2NO2/c16-11-5-4-10(8-12(11)17)14(19)9-18-6-7-20-15-3-1-2-13(15)18/h4-5,8,13,15H,1-3,6-7,9H2. The van der Waals surface area contributed by atoms with Gasteiger partial charge in [0.15, 0.2) is 17.4 Å². The van der Waals surface area contributed by atoms with Crippen LogP contribution in [0.4, 0.5) is 8.78 Å². The Bertz CT molecular complexity index is 521. The summed E-state index contributed by atoms with van der Waals surface area (Å²) in [5, 5.41) is 0. The van der Waals surface area contributed by atoms with Crippen molar-refractivity contribution in [2.75, 3.05) is 19.7 Å². The summed E-state index contributed by atoms with van der Waals surface area (Å²) in [5.41, 5.74) is 0.227. The molecule has 2 unspecified atom stereocenters. The molecule has 1 saturated carbocycles. The zero-order valence-electron chi connectivity index (χ0n) is 11.1. The summed E-state index contributed by atoms with van der Waals surface area (Å²) in [4.78, 5) is 14.3. The minimum Gasteiger partial charge on any atom is -0.375 e. The van der Waals surface area contributed by atoms with E-state index in [9.17, 15) is 13.6 Å².